The van der Waals surface area contributed by atoms with E-state index in [1.165, 1.54) is 11.3 Å². The smallest absolute Gasteiger partial charge is 0.228 e. The Bertz CT molecular complexity index is 654. The second-order valence-electron chi connectivity index (χ2n) is 5.64. The molecular formula is C15H21Cl2N5OS. The molecule has 1 amide bonds. The highest BCUT2D eigenvalue weighted by Crippen LogP contribution is 2.25. The summed E-state index contributed by atoms with van der Waals surface area (Å²) in [6, 6.07) is 0.263. The average molecular weight is 390 g/mol. The molecule has 1 fully saturated rings. The summed E-state index contributed by atoms with van der Waals surface area (Å²) < 4.78 is 0. The molecular weight excluding hydrogens is 369 g/mol. The van der Waals surface area contributed by atoms with Crippen molar-refractivity contribution in [3.63, 3.8) is 0 Å². The number of hydrogen-bond donors (Lipinski definition) is 1. The first-order valence-electron chi connectivity index (χ1n) is 7.37. The summed E-state index contributed by atoms with van der Waals surface area (Å²) in [7, 11) is 0. The van der Waals surface area contributed by atoms with E-state index in [0.29, 0.717) is 18.9 Å². The number of carbonyl (C=O) groups is 1. The SMILES string of the molecule is CC1CC(CN)CN1C(=O)Cc1csc(-c2cnccn2)n1.Cl.Cl. The molecule has 0 aromatic carbocycles. The van der Waals surface area contributed by atoms with E-state index in [-0.39, 0.29) is 36.8 Å². The number of rotatable bonds is 4. The molecule has 0 bridgehead atoms. The van der Waals surface area contributed by atoms with Gasteiger partial charge in [-0.25, -0.2) is 4.98 Å². The minimum Gasteiger partial charge on any atom is -0.339 e. The first-order chi connectivity index (χ1) is 10.7. The Hall–Kier alpha value is -1.28. The van der Waals surface area contributed by atoms with Crippen LogP contribution in [-0.4, -0.2) is 44.9 Å². The van der Waals surface area contributed by atoms with Crippen LogP contribution in [0.15, 0.2) is 24.0 Å². The first-order valence-corrected chi connectivity index (χ1v) is 8.25. The van der Waals surface area contributed by atoms with Crippen LogP contribution in [0.1, 0.15) is 19.0 Å². The minimum absolute atomic E-state index is 0. The van der Waals surface area contributed by atoms with Gasteiger partial charge in [0, 0.05) is 30.4 Å². The normalized spacial score (nSPS) is 19.5. The zero-order valence-electron chi connectivity index (χ0n) is 13.3. The Labute approximate surface area is 157 Å². The number of nitrogens with zero attached hydrogens (tertiary/aromatic N) is 4. The summed E-state index contributed by atoms with van der Waals surface area (Å²) in [6.07, 6.45) is 6.27. The lowest BCUT2D eigenvalue weighted by atomic mass is 10.1. The van der Waals surface area contributed by atoms with E-state index in [0.717, 1.165) is 29.4 Å². The third-order valence-corrected chi connectivity index (χ3v) is 4.90. The fraction of sp³-hybridized carbons (Fsp3) is 0.467. The van der Waals surface area contributed by atoms with Crippen molar-refractivity contribution in [2.75, 3.05) is 13.1 Å². The van der Waals surface area contributed by atoms with Crippen molar-refractivity contribution in [2.24, 2.45) is 11.7 Å². The second-order valence-corrected chi connectivity index (χ2v) is 6.50. The molecule has 24 heavy (non-hydrogen) atoms. The van der Waals surface area contributed by atoms with Gasteiger partial charge in [-0.2, -0.15) is 0 Å². The average Bonchev–Trinajstić information content (AvgIpc) is 3.14. The molecule has 0 spiro atoms. The number of hydrogen-bond acceptors (Lipinski definition) is 6. The summed E-state index contributed by atoms with van der Waals surface area (Å²) in [5, 5.41) is 2.72. The predicted octanol–water partition coefficient (Wildman–Crippen LogP) is 2.18. The summed E-state index contributed by atoms with van der Waals surface area (Å²) in [6.45, 7) is 3.49. The zero-order valence-corrected chi connectivity index (χ0v) is 15.7. The summed E-state index contributed by atoms with van der Waals surface area (Å²) in [5.74, 6) is 0.545. The maximum Gasteiger partial charge on any atom is 0.228 e. The van der Waals surface area contributed by atoms with Crippen LogP contribution in [0.5, 0.6) is 0 Å². The number of amides is 1. The number of likely N-dealkylation sites (tertiary alicyclic amines) is 1. The van der Waals surface area contributed by atoms with E-state index in [1.54, 1.807) is 18.6 Å². The van der Waals surface area contributed by atoms with Crippen LogP contribution in [0.2, 0.25) is 0 Å². The van der Waals surface area contributed by atoms with Crippen LogP contribution >= 0.6 is 36.2 Å². The van der Waals surface area contributed by atoms with Gasteiger partial charge in [0.05, 0.1) is 18.3 Å². The van der Waals surface area contributed by atoms with Crippen molar-refractivity contribution in [3.05, 3.63) is 29.7 Å². The Balaban J connectivity index is 0.00000144. The topological polar surface area (TPSA) is 85.0 Å². The van der Waals surface area contributed by atoms with Gasteiger partial charge < -0.3 is 10.6 Å². The number of nitrogens with two attached hydrogens (primary N) is 1. The van der Waals surface area contributed by atoms with Gasteiger partial charge in [-0.3, -0.25) is 14.8 Å². The van der Waals surface area contributed by atoms with E-state index in [9.17, 15) is 4.79 Å². The molecule has 0 saturated carbocycles. The van der Waals surface area contributed by atoms with E-state index in [1.807, 2.05) is 10.3 Å². The molecule has 0 radical (unpaired) electrons. The molecule has 6 nitrogen and oxygen atoms in total. The number of aromatic nitrogens is 3. The van der Waals surface area contributed by atoms with Crippen molar-refractivity contribution in [2.45, 2.75) is 25.8 Å². The van der Waals surface area contributed by atoms with Crippen molar-refractivity contribution in [1.82, 2.24) is 19.9 Å². The summed E-state index contributed by atoms with van der Waals surface area (Å²) in [5.41, 5.74) is 7.25. The Morgan fingerprint density at radius 2 is 2.21 bits per heavy atom. The molecule has 2 N–H and O–H groups in total. The summed E-state index contributed by atoms with van der Waals surface area (Å²) >= 11 is 1.49. The maximum atomic E-state index is 12.5. The molecule has 1 aliphatic rings. The zero-order chi connectivity index (χ0) is 15.5. The third kappa shape index (κ3) is 4.63. The molecule has 132 valence electrons. The van der Waals surface area contributed by atoms with Gasteiger partial charge in [-0.15, -0.1) is 36.2 Å². The van der Waals surface area contributed by atoms with Crippen molar-refractivity contribution in [1.29, 1.82) is 0 Å². The van der Waals surface area contributed by atoms with Gasteiger partial charge in [0.1, 0.15) is 10.7 Å². The number of carbonyl (C=O) groups excluding carboxylic acids is 1. The first kappa shape index (κ1) is 20.8. The van der Waals surface area contributed by atoms with Gasteiger partial charge in [-0.1, -0.05) is 0 Å². The molecule has 3 rings (SSSR count). The van der Waals surface area contributed by atoms with E-state index in [2.05, 4.69) is 21.9 Å². The predicted molar refractivity (Wildman–Crippen MR) is 99.7 cm³/mol. The van der Waals surface area contributed by atoms with Gasteiger partial charge in [-0.05, 0) is 25.8 Å². The van der Waals surface area contributed by atoms with Crippen LogP contribution in [0.3, 0.4) is 0 Å². The number of thiazole rings is 1. The van der Waals surface area contributed by atoms with E-state index < -0.39 is 0 Å². The van der Waals surface area contributed by atoms with Crippen LogP contribution in [0, 0.1) is 5.92 Å². The monoisotopic (exact) mass is 389 g/mol. The highest BCUT2D eigenvalue weighted by Gasteiger charge is 2.31. The molecule has 2 unspecified atom stereocenters. The lowest BCUT2D eigenvalue weighted by Gasteiger charge is -2.21. The van der Waals surface area contributed by atoms with Gasteiger partial charge in [0.25, 0.3) is 0 Å². The molecule has 1 aliphatic heterocycles. The van der Waals surface area contributed by atoms with Crippen LogP contribution in [-0.2, 0) is 11.2 Å². The molecule has 9 heteroatoms. The van der Waals surface area contributed by atoms with Crippen molar-refractivity contribution >= 4 is 42.1 Å². The van der Waals surface area contributed by atoms with Crippen LogP contribution in [0.4, 0.5) is 0 Å². The van der Waals surface area contributed by atoms with Gasteiger partial charge in [0.15, 0.2) is 0 Å². The van der Waals surface area contributed by atoms with Gasteiger partial charge in [0.2, 0.25) is 5.91 Å². The quantitative estimate of drug-likeness (QED) is 0.865. The molecule has 3 heterocycles. The lowest BCUT2D eigenvalue weighted by molar-refractivity contribution is -0.131. The molecule has 2 atom stereocenters. The molecule has 1 saturated heterocycles. The Kier molecular flexibility index (Phi) is 8.02. The van der Waals surface area contributed by atoms with Gasteiger partial charge >= 0.3 is 0 Å². The van der Waals surface area contributed by atoms with Crippen LogP contribution in [0.25, 0.3) is 10.7 Å². The highest BCUT2D eigenvalue weighted by atomic mass is 35.5. The standard InChI is InChI=1S/C15H19N5OS.2ClH/c1-10-4-11(6-16)8-20(10)14(21)5-12-9-22-15(19-12)13-7-17-2-3-18-13;;/h2-3,7,9-11H,4-6,8,16H2,1H3;2*1H. The maximum absolute atomic E-state index is 12.5. The van der Waals surface area contributed by atoms with E-state index in [4.69, 9.17) is 5.73 Å². The Morgan fingerprint density at radius 3 is 2.83 bits per heavy atom. The fourth-order valence-electron chi connectivity index (χ4n) is 2.83. The van der Waals surface area contributed by atoms with Crippen LogP contribution < -0.4 is 5.73 Å². The fourth-order valence-corrected chi connectivity index (χ4v) is 3.61. The molecule has 2 aromatic heterocycles. The largest absolute Gasteiger partial charge is 0.339 e. The molecule has 2 aromatic rings. The van der Waals surface area contributed by atoms with Crippen molar-refractivity contribution in [3.8, 4) is 10.7 Å². The Morgan fingerprint density at radius 1 is 1.42 bits per heavy atom. The van der Waals surface area contributed by atoms with E-state index >= 15 is 0 Å². The highest BCUT2D eigenvalue weighted by molar-refractivity contribution is 7.13. The third-order valence-electron chi connectivity index (χ3n) is 3.98. The molecule has 0 aliphatic carbocycles. The second kappa shape index (κ2) is 9.27. The lowest BCUT2D eigenvalue weighted by Crippen LogP contribution is -2.35. The summed E-state index contributed by atoms with van der Waals surface area (Å²) in [4.78, 5) is 27.2. The van der Waals surface area contributed by atoms with Crippen molar-refractivity contribution < 1.29 is 4.79 Å². The number of halogens is 2. The minimum atomic E-state index is 0.